The molecule has 0 spiro atoms. The van der Waals surface area contributed by atoms with Gasteiger partial charge in [-0.1, -0.05) is 0 Å². The molecular formula is C9H8FN3O5. The molecule has 0 saturated carbocycles. The van der Waals surface area contributed by atoms with Crippen molar-refractivity contribution in [3.8, 4) is 5.75 Å². The summed E-state index contributed by atoms with van der Waals surface area (Å²) in [6.07, 6.45) is 0. The number of nitrogens with zero attached hydrogens (tertiary/aromatic N) is 1. The second-order valence-corrected chi connectivity index (χ2v) is 3.07. The molecule has 0 saturated heterocycles. The summed E-state index contributed by atoms with van der Waals surface area (Å²) in [5.41, 5.74) is 4.17. The minimum atomic E-state index is -1.09. The fourth-order valence-electron chi connectivity index (χ4n) is 1.07. The largest absolute Gasteiger partial charge is 0.477 e. The molecule has 1 aromatic rings. The number of nitrogens with two attached hydrogens (primary N) is 1. The third-order valence-corrected chi connectivity index (χ3v) is 1.74. The highest BCUT2D eigenvalue weighted by molar-refractivity contribution is 5.94. The van der Waals surface area contributed by atoms with Crippen LogP contribution in [0, 0.1) is 15.9 Å². The first-order valence-electron chi connectivity index (χ1n) is 4.56. The fraction of sp³-hybridized carbons (Fsp3) is 0.111. The Morgan fingerprint density at radius 3 is 2.72 bits per heavy atom. The molecule has 0 aromatic heterocycles. The number of primary amides is 1. The second kappa shape index (κ2) is 5.57. The van der Waals surface area contributed by atoms with Crippen LogP contribution >= 0.6 is 0 Å². The third kappa shape index (κ3) is 3.70. The number of nitrogens with one attached hydrogen (secondary N) is 1. The number of hydrogen-bond acceptors (Lipinski definition) is 5. The molecule has 0 aliphatic heterocycles. The molecule has 0 aliphatic carbocycles. The van der Waals surface area contributed by atoms with E-state index in [9.17, 15) is 24.1 Å². The maximum absolute atomic E-state index is 12.9. The van der Waals surface area contributed by atoms with E-state index in [0.717, 1.165) is 18.2 Å². The lowest BCUT2D eigenvalue weighted by atomic mass is 10.3. The van der Waals surface area contributed by atoms with Gasteiger partial charge in [0, 0.05) is 12.1 Å². The van der Waals surface area contributed by atoms with Crippen LogP contribution in [-0.4, -0.2) is 23.5 Å². The first-order valence-corrected chi connectivity index (χ1v) is 4.56. The van der Waals surface area contributed by atoms with E-state index < -0.39 is 40.7 Å². The van der Waals surface area contributed by atoms with E-state index in [0.29, 0.717) is 0 Å². The molecule has 1 rings (SSSR count). The van der Waals surface area contributed by atoms with Crippen LogP contribution < -0.4 is 15.8 Å². The highest BCUT2D eigenvalue weighted by Gasteiger charge is 2.17. The summed E-state index contributed by atoms with van der Waals surface area (Å²) in [4.78, 5) is 31.1. The van der Waals surface area contributed by atoms with Crippen molar-refractivity contribution in [3.05, 3.63) is 34.1 Å². The van der Waals surface area contributed by atoms with Crippen LogP contribution in [0.1, 0.15) is 0 Å². The molecule has 0 heterocycles. The summed E-state index contributed by atoms with van der Waals surface area (Å²) in [5.74, 6) is -2.08. The number of nitro groups is 1. The molecule has 0 atom stereocenters. The van der Waals surface area contributed by atoms with Crippen LogP contribution in [0.15, 0.2) is 18.2 Å². The van der Waals surface area contributed by atoms with E-state index in [4.69, 9.17) is 4.74 Å². The van der Waals surface area contributed by atoms with Gasteiger partial charge in [-0.15, -0.1) is 0 Å². The molecule has 8 nitrogen and oxygen atoms in total. The lowest BCUT2D eigenvalue weighted by Crippen LogP contribution is -2.38. The summed E-state index contributed by atoms with van der Waals surface area (Å²) < 4.78 is 17.6. The molecule has 3 amide bonds. The van der Waals surface area contributed by atoms with Gasteiger partial charge in [-0.25, -0.2) is 9.18 Å². The van der Waals surface area contributed by atoms with Gasteiger partial charge in [-0.3, -0.25) is 20.2 Å². The van der Waals surface area contributed by atoms with E-state index in [2.05, 4.69) is 5.73 Å². The maximum Gasteiger partial charge on any atom is 0.318 e. The van der Waals surface area contributed by atoms with E-state index >= 15 is 0 Å². The molecule has 9 heteroatoms. The van der Waals surface area contributed by atoms with E-state index in [1.165, 1.54) is 0 Å². The van der Waals surface area contributed by atoms with Gasteiger partial charge >= 0.3 is 11.7 Å². The van der Waals surface area contributed by atoms with Crippen LogP contribution in [0.5, 0.6) is 5.75 Å². The number of nitro benzene ring substituents is 1. The Bertz CT molecular complexity index is 505. The summed E-state index contributed by atoms with van der Waals surface area (Å²) in [6, 6.07) is 1.46. The van der Waals surface area contributed by atoms with Crippen LogP contribution in [0.3, 0.4) is 0 Å². The van der Waals surface area contributed by atoms with Gasteiger partial charge in [0.2, 0.25) is 5.75 Å². The predicted octanol–water partition coefficient (Wildman–Crippen LogP) is 0.308. The van der Waals surface area contributed by atoms with Gasteiger partial charge < -0.3 is 10.5 Å². The predicted molar refractivity (Wildman–Crippen MR) is 56.3 cm³/mol. The molecule has 0 aliphatic rings. The van der Waals surface area contributed by atoms with Crippen molar-refractivity contribution in [2.75, 3.05) is 6.61 Å². The highest BCUT2D eigenvalue weighted by atomic mass is 19.1. The Morgan fingerprint density at radius 2 is 2.17 bits per heavy atom. The number of hydrogen-bond donors (Lipinski definition) is 2. The smallest absolute Gasteiger partial charge is 0.318 e. The first kappa shape index (κ1) is 13.4. The van der Waals surface area contributed by atoms with Gasteiger partial charge in [0.1, 0.15) is 5.82 Å². The molecule has 0 unspecified atom stereocenters. The highest BCUT2D eigenvalue weighted by Crippen LogP contribution is 2.27. The number of benzene rings is 1. The van der Waals surface area contributed by atoms with Gasteiger partial charge in [0.05, 0.1) is 4.92 Å². The van der Waals surface area contributed by atoms with Crippen molar-refractivity contribution < 1.29 is 23.6 Å². The van der Waals surface area contributed by atoms with Crippen molar-refractivity contribution >= 4 is 17.6 Å². The zero-order valence-corrected chi connectivity index (χ0v) is 8.88. The average molecular weight is 257 g/mol. The normalized spacial score (nSPS) is 9.61. The summed E-state index contributed by atoms with van der Waals surface area (Å²) in [6.45, 7) is -0.701. The number of rotatable bonds is 4. The Morgan fingerprint density at radius 1 is 1.50 bits per heavy atom. The van der Waals surface area contributed by atoms with Crippen LogP contribution in [0.2, 0.25) is 0 Å². The lowest BCUT2D eigenvalue weighted by Gasteiger charge is -2.06. The van der Waals surface area contributed by atoms with Gasteiger partial charge in [0.15, 0.2) is 6.61 Å². The van der Waals surface area contributed by atoms with Crippen LogP contribution in [0.25, 0.3) is 0 Å². The molecule has 0 radical (unpaired) electrons. The minimum absolute atomic E-state index is 0.417. The SMILES string of the molecule is NC(=O)NC(=O)COc1cc(F)ccc1[N+](=O)[O-]. The van der Waals surface area contributed by atoms with Crippen LogP contribution in [0.4, 0.5) is 14.9 Å². The second-order valence-electron chi connectivity index (χ2n) is 3.07. The summed E-state index contributed by atoms with van der Waals surface area (Å²) in [7, 11) is 0. The topological polar surface area (TPSA) is 125 Å². The quantitative estimate of drug-likeness (QED) is 0.593. The van der Waals surface area contributed by atoms with E-state index in [-0.39, 0.29) is 0 Å². The van der Waals surface area contributed by atoms with Crippen molar-refractivity contribution in [3.63, 3.8) is 0 Å². The van der Waals surface area contributed by atoms with Crippen molar-refractivity contribution in [2.45, 2.75) is 0 Å². The lowest BCUT2D eigenvalue weighted by molar-refractivity contribution is -0.385. The molecule has 96 valence electrons. The van der Waals surface area contributed by atoms with E-state index in [1.807, 2.05) is 0 Å². The van der Waals surface area contributed by atoms with Crippen molar-refractivity contribution in [1.29, 1.82) is 0 Å². The average Bonchev–Trinajstić information content (AvgIpc) is 2.25. The Kier molecular flexibility index (Phi) is 4.13. The summed E-state index contributed by atoms with van der Waals surface area (Å²) in [5, 5.41) is 12.3. The number of imide groups is 1. The monoisotopic (exact) mass is 257 g/mol. The Balaban J connectivity index is 2.77. The molecule has 0 fully saturated rings. The Hall–Kier alpha value is -2.71. The minimum Gasteiger partial charge on any atom is -0.477 e. The number of carbonyl (C=O) groups is 2. The number of halogens is 1. The van der Waals surface area contributed by atoms with Gasteiger partial charge in [0.25, 0.3) is 5.91 Å². The maximum atomic E-state index is 12.9. The number of urea groups is 1. The van der Waals surface area contributed by atoms with Crippen LogP contribution in [-0.2, 0) is 4.79 Å². The number of amides is 3. The number of carbonyl (C=O) groups excluding carboxylic acids is 2. The molecule has 18 heavy (non-hydrogen) atoms. The van der Waals surface area contributed by atoms with Gasteiger partial charge in [-0.05, 0) is 6.07 Å². The number of ether oxygens (including phenoxy) is 1. The van der Waals surface area contributed by atoms with Crippen molar-refractivity contribution in [1.82, 2.24) is 5.32 Å². The van der Waals surface area contributed by atoms with Crippen molar-refractivity contribution in [2.24, 2.45) is 5.73 Å². The zero-order chi connectivity index (χ0) is 13.7. The molecular weight excluding hydrogens is 249 g/mol. The Labute approximate surface area is 99.7 Å². The first-order chi connectivity index (χ1) is 8.40. The fourth-order valence-corrected chi connectivity index (χ4v) is 1.07. The standard InChI is InChI=1S/C9H8FN3O5/c10-5-1-2-6(13(16)17)7(3-5)18-4-8(14)12-9(11)15/h1-3H,4H2,(H3,11,12,14,15). The molecule has 0 bridgehead atoms. The van der Waals surface area contributed by atoms with Gasteiger partial charge in [-0.2, -0.15) is 0 Å². The third-order valence-electron chi connectivity index (χ3n) is 1.74. The van der Waals surface area contributed by atoms with E-state index in [1.54, 1.807) is 5.32 Å². The molecule has 3 N–H and O–H groups in total. The summed E-state index contributed by atoms with van der Waals surface area (Å²) >= 11 is 0. The molecule has 1 aromatic carbocycles. The zero-order valence-electron chi connectivity index (χ0n) is 8.88.